The van der Waals surface area contributed by atoms with E-state index in [0.29, 0.717) is 18.1 Å². The highest BCUT2D eigenvalue weighted by Crippen LogP contribution is 2.20. The average molecular weight is 385 g/mol. The number of rotatable bonds is 6. The van der Waals surface area contributed by atoms with Gasteiger partial charge in [-0.2, -0.15) is 0 Å². The van der Waals surface area contributed by atoms with E-state index >= 15 is 0 Å². The van der Waals surface area contributed by atoms with Gasteiger partial charge in [0.25, 0.3) is 5.91 Å². The zero-order chi connectivity index (χ0) is 20.1. The number of carbonyl (C=O) groups excluding carboxylic acids is 3. The van der Waals surface area contributed by atoms with E-state index in [2.05, 4.69) is 10.9 Å². The third kappa shape index (κ3) is 4.91. The van der Waals surface area contributed by atoms with E-state index in [0.717, 1.165) is 11.1 Å². The van der Waals surface area contributed by atoms with Crippen molar-refractivity contribution in [3.63, 3.8) is 0 Å². The highest BCUT2D eigenvalue weighted by atomic mass is 16.5. The van der Waals surface area contributed by atoms with Crippen molar-refractivity contribution in [2.24, 2.45) is 5.92 Å². The molecule has 1 atom stereocenters. The van der Waals surface area contributed by atoms with E-state index in [1.807, 2.05) is 26.0 Å². The molecule has 1 aliphatic heterocycles. The highest BCUT2D eigenvalue weighted by Gasteiger charge is 2.34. The van der Waals surface area contributed by atoms with Gasteiger partial charge in [-0.1, -0.05) is 17.7 Å². The van der Waals surface area contributed by atoms with Crippen molar-refractivity contribution < 1.29 is 23.5 Å². The Kier molecular flexibility index (Phi) is 5.98. The van der Waals surface area contributed by atoms with Gasteiger partial charge in [-0.25, -0.2) is 0 Å². The number of furan rings is 1. The van der Waals surface area contributed by atoms with E-state index in [9.17, 15) is 14.4 Å². The van der Waals surface area contributed by atoms with Crippen LogP contribution >= 0.6 is 0 Å². The molecule has 3 amide bonds. The average Bonchev–Trinajstić information content (AvgIpc) is 3.29. The topological polar surface area (TPSA) is 101 Å². The van der Waals surface area contributed by atoms with Gasteiger partial charge in [0.15, 0.2) is 6.61 Å². The Morgan fingerprint density at radius 2 is 2.07 bits per heavy atom. The van der Waals surface area contributed by atoms with Crippen LogP contribution in [0.25, 0.3) is 0 Å². The number of carbonyl (C=O) groups is 3. The molecule has 1 unspecified atom stereocenters. The van der Waals surface area contributed by atoms with E-state index in [-0.39, 0.29) is 25.5 Å². The van der Waals surface area contributed by atoms with Crippen LogP contribution in [0.15, 0.2) is 41.0 Å². The molecular formula is C20H23N3O5. The van der Waals surface area contributed by atoms with Crippen LogP contribution in [0.3, 0.4) is 0 Å². The van der Waals surface area contributed by atoms with Gasteiger partial charge in [0.1, 0.15) is 11.5 Å². The van der Waals surface area contributed by atoms with Gasteiger partial charge in [-0.15, -0.1) is 0 Å². The van der Waals surface area contributed by atoms with Crippen LogP contribution in [0.5, 0.6) is 5.75 Å². The molecule has 0 spiro atoms. The Morgan fingerprint density at radius 1 is 1.25 bits per heavy atom. The number of benzene rings is 1. The van der Waals surface area contributed by atoms with Crippen molar-refractivity contribution in [3.8, 4) is 5.75 Å². The molecule has 2 heterocycles. The summed E-state index contributed by atoms with van der Waals surface area (Å²) in [5, 5.41) is 0. The minimum Gasteiger partial charge on any atom is -0.483 e. The summed E-state index contributed by atoms with van der Waals surface area (Å²) >= 11 is 0. The fraction of sp³-hybridized carbons (Fsp3) is 0.350. The molecule has 1 aromatic carbocycles. The normalized spacial score (nSPS) is 16.1. The summed E-state index contributed by atoms with van der Waals surface area (Å²) in [5.41, 5.74) is 6.72. The zero-order valence-electron chi connectivity index (χ0n) is 15.9. The largest absolute Gasteiger partial charge is 0.483 e. The second-order valence-corrected chi connectivity index (χ2v) is 6.85. The Labute approximate surface area is 162 Å². The van der Waals surface area contributed by atoms with Crippen LogP contribution in [0.2, 0.25) is 0 Å². The molecule has 148 valence electrons. The molecule has 3 rings (SSSR count). The summed E-state index contributed by atoms with van der Waals surface area (Å²) in [6, 6.07) is 9.18. The van der Waals surface area contributed by atoms with Crippen molar-refractivity contribution >= 4 is 17.7 Å². The molecule has 1 aromatic heterocycles. The minimum atomic E-state index is -0.525. The monoisotopic (exact) mass is 385 g/mol. The van der Waals surface area contributed by atoms with Gasteiger partial charge in [-0.3, -0.25) is 25.2 Å². The Morgan fingerprint density at radius 3 is 2.79 bits per heavy atom. The molecule has 28 heavy (non-hydrogen) atoms. The summed E-state index contributed by atoms with van der Waals surface area (Å²) < 4.78 is 10.7. The predicted octanol–water partition coefficient (Wildman–Crippen LogP) is 1.47. The van der Waals surface area contributed by atoms with Crippen LogP contribution in [0.4, 0.5) is 0 Å². The van der Waals surface area contributed by atoms with Crippen molar-refractivity contribution in [2.45, 2.75) is 26.8 Å². The van der Waals surface area contributed by atoms with Gasteiger partial charge < -0.3 is 14.1 Å². The third-order valence-corrected chi connectivity index (χ3v) is 4.53. The highest BCUT2D eigenvalue weighted by molar-refractivity contribution is 5.90. The smallest absolute Gasteiger partial charge is 0.276 e. The van der Waals surface area contributed by atoms with Gasteiger partial charge in [0, 0.05) is 13.0 Å². The molecule has 2 aromatic rings. The quantitative estimate of drug-likeness (QED) is 0.734. The second-order valence-electron chi connectivity index (χ2n) is 6.85. The molecule has 1 saturated heterocycles. The summed E-state index contributed by atoms with van der Waals surface area (Å²) in [5.74, 6) is -0.266. The summed E-state index contributed by atoms with van der Waals surface area (Å²) in [6.07, 6.45) is 1.64. The Balaban J connectivity index is 1.42. The number of hydrazine groups is 1. The van der Waals surface area contributed by atoms with Crippen LogP contribution in [-0.4, -0.2) is 35.8 Å². The Hall–Kier alpha value is -3.29. The van der Waals surface area contributed by atoms with Crippen molar-refractivity contribution in [1.82, 2.24) is 15.8 Å². The third-order valence-electron chi connectivity index (χ3n) is 4.53. The number of hydrogen-bond acceptors (Lipinski definition) is 5. The lowest BCUT2D eigenvalue weighted by Crippen LogP contribution is -2.46. The number of amides is 3. The lowest BCUT2D eigenvalue weighted by Gasteiger charge is -2.15. The fourth-order valence-electron chi connectivity index (χ4n) is 3.07. The summed E-state index contributed by atoms with van der Waals surface area (Å²) in [4.78, 5) is 37.8. The first-order chi connectivity index (χ1) is 13.4. The van der Waals surface area contributed by atoms with E-state index in [1.165, 1.54) is 6.26 Å². The van der Waals surface area contributed by atoms with Crippen LogP contribution in [-0.2, 0) is 20.9 Å². The summed E-state index contributed by atoms with van der Waals surface area (Å²) in [6.45, 7) is 4.25. The van der Waals surface area contributed by atoms with E-state index in [4.69, 9.17) is 9.15 Å². The standard InChI is InChI=1S/C20H23N3O5/c1-13-5-6-17(14(2)8-13)28-12-18(24)21-22-20(26)15-9-19(25)23(10-15)11-16-4-3-7-27-16/h3-8,15H,9-12H2,1-2H3,(H,21,24)(H,22,26). The van der Waals surface area contributed by atoms with Gasteiger partial charge >= 0.3 is 0 Å². The first-order valence-electron chi connectivity index (χ1n) is 9.01. The molecule has 0 bridgehead atoms. The number of nitrogens with zero attached hydrogens (tertiary/aromatic N) is 1. The number of aryl methyl sites for hydroxylation is 2. The first kappa shape index (κ1) is 19.5. The molecular weight excluding hydrogens is 362 g/mol. The maximum absolute atomic E-state index is 12.2. The first-order valence-corrected chi connectivity index (χ1v) is 9.01. The van der Waals surface area contributed by atoms with Crippen LogP contribution < -0.4 is 15.6 Å². The molecule has 0 aliphatic carbocycles. The molecule has 2 N–H and O–H groups in total. The Bertz CT molecular complexity index is 863. The van der Waals surface area contributed by atoms with E-state index < -0.39 is 17.7 Å². The van der Waals surface area contributed by atoms with Crippen molar-refractivity contribution in [2.75, 3.05) is 13.2 Å². The molecule has 8 nitrogen and oxygen atoms in total. The van der Waals surface area contributed by atoms with Gasteiger partial charge in [0.05, 0.1) is 18.7 Å². The molecule has 8 heteroatoms. The molecule has 1 aliphatic rings. The van der Waals surface area contributed by atoms with E-state index in [1.54, 1.807) is 23.1 Å². The molecule has 0 saturated carbocycles. The minimum absolute atomic E-state index is 0.0987. The predicted molar refractivity (Wildman–Crippen MR) is 99.9 cm³/mol. The maximum Gasteiger partial charge on any atom is 0.276 e. The zero-order valence-corrected chi connectivity index (χ0v) is 15.9. The summed E-state index contributed by atoms with van der Waals surface area (Å²) in [7, 11) is 0. The lowest BCUT2D eigenvalue weighted by molar-refractivity contribution is -0.132. The molecule has 1 fully saturated rings. The fourth-order valence-corrected chi connectivity index (χ4v) is 3.07. The number of hydrogen-bond donors (Lipinski definition) is 2. The number of ether oxygens (including phenoxy) is 1. The van der Waals surface area contributed by atoms with Crippen molar-refractivity contribution in [1.29, 1.82) is 0 Å². The number of likely N-dealkylation sites (tertiary alicyclic amines) is 1. The molecule has 0 radical (unpaired) electrons. The van der Waals surface area contributed by atoms with Crippen LogP contribution in [0.1, 0.15) is 23.3 Å². The van der Waals surface area contributed by atoms with Gasteiger partial charge in [0.2, 0.25) is 11.8 Å². The van der Waals surface area contributed by atoms with Gasteiger partial charge in [-0.05, 0) is 37.6 Å². The number of nitrogens with one attached hydrogen (secondary N) is 2. The van der Waals surface area contributed by atoms with Crippen LogP contribution in [0, 0.1) is 19.8 Å². The maximum atomic E-state index is 12.2. The second kappa shape index (κ2) is 8.60. The lowest BCUT2D eigenvalue weighted by atomic mass is 10.1. The van der Waals surface area contributed by atoms with Crippen molar-refractivity contribution in [3.05, 3.63) is 53.5 Å². The SMILES string of the molecule is Cc1ccc(OCC(=O)NNC(=O)C2CC(=O)N(Cc3ccco3)C2)c(C)c1.